The van der Waals surface area contributed by atoms with Crippen LogP contribution in [0.5, 0.6) is 0 Å². The Morgan fingerprint density at radius 3 is 2.65 bits per heavy atom. The number of rotatable bonds is 3. The first kappa shape index (κ1) is 16.3. The van der Waals surface area contributed by atoms with E-state index in [-0.39, 0.29) is 6.04 Å². The number of benzene rings is 2. The maximum absolute atomic E-state index is 11.4. The predicted molar refractivity (Wildman–Crippen MR) is 91.7 cm³/mol. The molecule has 0 unspecified atom stereocenters. The minimum atomic E-state index is -1.13. The van der Waals surface area contributed by atoms with Gasteiger partial charge in [0.05, 0.1) is 16.1 Å². The van der Waals surface area contributed by atoms with Gasteiger partial charge >= 0.3 is 0 Å². The van der Waals surface area contributed by atoms with E-state index in [2.05, 4.69) is 0 Å². The third-order valence-corrected chi connectivity index (χ3v) is 5.34. The number of fused-ring (bicyclic) bond motifs is 1. The Kier molecular flexibility index (Phi) is 4.37. The Morgan fingerprint density at radius 1 is 1.22 bits per heavy atom. The van der Waals surface area contributed by atoms with Crippen LogP contribution < -0.4 is 0 Å². The highest BCUT2D eigenvalue weighted by Gasteiger charge is 2.40. The molecule has 1 aliphatic carbocycles. The molecule has 1 N–H and O–H groups in total. The van der Waals surface area contributed by atoms with Crippen molar-refractivity contribution < 1.29 is 9.90 Å². The largest absolute Gasteiger partial charge is 0.380 e. The highest BCUT2D eigenvalue weighted by molar-refractivity contribution is 6.42. The molecule has 3 nitrogen and oxygen atoms in total. The average molecular weight is 350 g/mol. The molecule has 3 rings (SSSR count). The summed E-state index contributed by atoms with van der Waals surface area (Å²) in [6.45, 7) is 0. The van der Waals surface area contributed by atoms with Crippen LogP contribution in [0.2, 0.25) is 10.0 Å². The standard InChI is InChI=1S/C18H17Cl2NO2/c1-21(11-22)17-8-9-18(23,14-5-3-2-4-13(14)17)12-6-7-15(19)16(20)10-12/h2-7,10-11,17,23H,8-9H2,1H3/t17-,18+/m1/s1. The molecule has 0 fully saturated rings. The Labute approximate surface area is 145 Å². The molecule has 0 bridgehead atoms. The second-order valence-electron chi connectivity index (χ2n) is 5.90. The van der Waals surface area contributed by atoms with Crippen molar-refractivity contribution in [2.45, 2.75) is 24.5 Å². The Balaban J connectivity index is 2.13. The summed E-state index contributed by atoms with van der Waals surface area (Å²) < 4.78 is 0. The van der Waals surface area contributed by atoms with Gasteiger partial charge in [-0.1, -0.05) is 53.5 Å². The third kappa shape index (κ3) is 2.74. The minimum Gasteiger partial charge on any atom is -0.380 e. The molecular formula is C18H17Cl2NO2. The van der Waals surface area contributed by atoms with E-state index in [0.717, 1.165) is 17.5 Å². The molecule has 2 aromatic rings. The van der Waals surface area contributed by atoms with E-state index < -0.39 is 5.60 Å². The van der Waals surface area contributed by atoms with Gasteiger partial charge in [0.2, 0.25) is 6.41 Å². The zero-order chi connectivity index (χ0) is 16.6. The molecule has 120 valence electrons. The van der Waals surface area contributed by atoms with E-state index in [9.17, 15) is 9.90 Å². The number of aliphatic hydroxyl groups is 1. The summed E-state index contributed by atoms with van der Waals surface area (Å²) in [6, 6.07) is 12.9. The minimum absolute atomic E-state index is 0.0354. The molecule has 0 radical (unpaired) electrons. The zero-order valence-corrected chi connectivity index (χ0v) is 14.2. The van der Waals surface area contributed by atoms with Crippen LogP contribution in [0.4, 0.5) is 0 Å². The van der Waals surface area contributed by atoms with Gasteiger partial charge in [-0.25, -0.2) is 0 Å². The fourth-order valence-electron chi connectivity index (χ4n) is 3.35. The summed E-state index contributed by atoms with van der Waals surface area (Å²) >= 11 is 12.1. The second kappa shape index (κ2) is 6.16. The predicted octanol–water partition coefficient (Wildman–Crippen LogP) is 4.15. The fraction of sp³-hybridized carbons (Fsp3) is 0.278. The van der Waals surface area contributed by atoms with Crippen LogP contribution >= 0.6 is 23.2 Å². The van der Waals surface area contributed by atoms with Crippen LogP contribution in [0.1, 0.15) is 35.6 Å². The zero-order valence-electron chi connectivity index (χ0n) is 12.7. The highest BCUT2D eigenvalue weighted by atomic mass is 35.5. The lowest BCUT2D eigenvalue weighted by atomic mass is 9.73. The van der Waals surface area contributed by atoms with Crippen molar-refractivity contribution in [3.05, 3.63) is 69.2 Å². The third-order valence-electron chi connectivity index (χ3n) is 4.60. The van der Waals surface area contributed by atoms with E-state index in [1.807, 2.05) is 24.3 Å². The topological polar surface area (TPSA) is 40.5 Å². The van der Waals surface area contributed by atoms with E-state index in [0.29, 0.717) is 28.5 Å². The van der Waals surface area contributed by atoms with Crippen molar-refractivity contribution in [3.8, 4) is 0 Å². The summed E-state index contributed by atoms with van der Waals surface area (Å²) in [5.74, 6) is 0. The van der Waals surface area contributed by atoms with Crippen LogP contribution in [-0.2, 0) is 10.4 Å². The lowest BCUT2D eigenvalue weighted by Crippen LogP contribution is -2.37. The first-order valence-corrected chi connectivity index (χ1v) is 8.17. The highest BCUT2D eigenvalue weighted by Crippen LogP contribution is 2.46. The Hall–Kier alpha value is -1.55. The monoisotopic (exact) mass is 349 g/mol. The van der Waals surface area contributed by atoms with Crippen LogP contribution in [-0.4, -0.2) is 23.5 Å². The van der Waals surface area contributed by atoms with Gasteiger partial charge in [0, 0.05) is 7.05 Å². The molecule has 1 amide bonds. The van der Waals surface area contributed by atoms with Crippen LogP contribution in [0.25, 0.3) is 0 Å². The van der Waals surface area contributed by atoms with E-state index in [1.165, 1.54) is 0 Å². The maximum Gasteiger partial charge on any atom is 0.209 e. The van der Waals surface area contributed by atoms with Crippen molar-refractivity contribution in [1.29, 1.82) is 0 Å². The van der Waals surface area contributed by atoms with E-state index in [1.54, 1.807) is 30.1 Å². The van der Waals surface area contributed by atoms with E-state index in [4.69, 9.17) is 23.2 Å². The molecule has 23 heavy (non-hydrogen) atoms. The number of amides is 1. The van der Waals surface area contributed by atoms with Crippen LogP contribution in [0.15, 0.2) is 42.5 Å². The Morgan fingerprint density at radius 2 is 1.96 bits per heavy atom. The average Bonchev–Trinajstić information content (AvgIpc) is 2.57. The summed E-state index contributed by atoms with van der Waals surface area (Å²) in [6.07, 6.45) is 2.00. The van der Waals surface area contributed by atoms with Gasteiger partial charge in [0.15, 0.2) is 0 Å². The molecule has 1 aliphatic rings. The van der Waals surface area contributed by atoms with Gasteiger partial charge < -0.3 is 10.0 Å². The van der Waals surface area contributed by atoms with Gasteiger partial charge in [-0.05, 0) is 41.7 Å². The fourth-order valence-corrected chi connectivity index (χ4v) is 3.65. The number of hydrogen-bond acceptors (Lipinski definition) is 2. The number of carbonyl (C=O) groups is 1. The SMILES string of the molecule is CN(C=O)[C@@H]1CC[C@](O)(c2ccc(Cl)c(Cl)c2)c2ccccc21. The first-order chi connectivity index (χ1) is 11.0. The van der Waals surface area contributed by atoms with Crippen molar-refractivity contribution in [1.82, 2.24) is 4.90 Å². The number of carbonyl (C=O) groups excluding carboxylic acids is 1. The molecule has 5 heteroatoms. The Bertz CT molecular complexity index is 750. The van der Waals surface area contributed by atoms with Crippen molar-refractivity contribution in [3.63, 3.8) is 0 Å². The molecule has 0 spiro atoms. The van der Waals surface area contributed by atoms with Crippen molar-refractivity contribution in [2.24, 2.45) is 0 Å². The smallest absolute Gasteiger partial charge is 0.209 e. The summed E-state index contributed by atoms with van der Waals surface area (Å²) in [5.41, 5.74) is 1.35. The number of nitrogens with zero attached hydrogens (tertiary/aromatic N) is 1. The molecule has 2 atom stereocenters. The number of halogens is 2. The van der Waals surface area contributed by atoms with Gasteiger partial charge in [-0.3, -0.25) is 4.79 Å². The first-order valence-electron chi connectivity index (χ1n) is 7.42. The normalized spacial score (nSPS) is 23.2. The second-order valence-corrected chi connectivity index (χ2v) is 6.72. The lowest BCUT2D eigenvalue weighted by Gasteiger charge is -2.40. The van der Waals surface area contributed by atoms with E-state index >= 15 is 0 Å². The number of hydrogen-bond donors (Lipinski definition) is 1. The summed E-state index contributed by atoms with van der Waals surface area (Å²) in [7, 11) is 1.76. The summed E-state index contributed by atoms with van der Waals surface area (Å²) in [5, 5.41) is 12.3. The molecule has 0 aliphatic heterocycles. The maximum atomic E-state index is 11.4. The van der Waals surface area contributed by atoms with Gasteiger partial charge in [-0.2, -0.15) is 0 Å². The van der Waals surface area contributed by atoms with Gasteiger partial charge in [0.25, 0.3) is 0 Å². The van der Waals surface area contributed by atoms with Crippen LogP contribution in [0.3, 0.4) is 0 Å². The molecule has 2 aromatic carbocycles. The van der Waals surface area contributed by atoms with Crippen molar-refractivity contribution >= 4 is 29.6 Å². The molecule has 0 heterocycles. The molecule has 0 saturated carbocycles. The lowest BCUT2D eigenvalue weighted by molar-refractivity contribution is -0.119. The van der Waals surface area contributed by atoms with Crippen molar-refractivity contribution in [2.75, 3.05) is 7.05 Å². The quantitative estimate of drug-likeness (QED) is 0.845. The molecular weight excluding hydrogens is 333 g/mol. The molecule has 0 saturated heterocycles. The van der Waals surface area contributed by atoms with Gasteiger partial charge in [-0.15, -0.1) is 0 Å². The summed E-state index contributed by atoms with van der Waals surface area (Å²) in [4.78, 5) is 12.8. The molecule has 0 aromatic heterocycles. The van der Waals surface area contributed by atoms with Crippen LogP contribution in [0, 0.1) is 0 Å². The van der Waals surface area contributed by atoms with Gasteiger partial charge in [0.1, 0.15) is 5.60 Å².